The Morgan fingerprint density at radius 3 is 1.87 bits per heavy atom. The molecule has 5 aromatic carbocycles. The van der Waals surface area contributed by atoms with Gasteiger partial charge in [0.05, 0.1) is 0 Å². The number of ether oxygens (including phenoxy) is 1. The molecule has 0 aliphatic carbocycles. The van der Waals surface area contributed by atoms with Crippen molar-refractivity contribution in [1.29, 1.82) is 0 Å². The summed E-state index contributed by atoms with van der Waals surface area (Å²) in [6.45, 7) is 1.92. The molecule has 0 fully saturated rings. The minimum absolute atomic E-state index is 0.133. The number of carbonyl (C=O) groups is 1. The van der Waals surface area contributed by atoms with Crippen molar-refractivity contribution in [2.24, 2.45) is 0 Å². The van der Waals surface area contributed by atoms with E-state index >= 15 is 0 Å². The molecule has 1 atom stereocenters. The zero-order chi connectivity index (χ0) is 27.0. The second-order valence-corrected chi connectivity index (χ2v) is 10.9. The first-order valence-electron chi connectivity index (χ1n) is 13.0. The van der Waals surface area contributed by atoms with E-state index in [0.29, 0.717) is 18.6 Å². The number of halogens is 1. The Morgan fingerprint density at radius 1 is 0.667 bits per heavy atom. The fourth-order valence-corrected chi connectivity index (χ4v) is 6.13. The number of hydrogen-bond donors (Lipinski definition) is 0. The number of carbonyl (C=O) groups excluding carboxylic acids is 1. The largest absolute Gasteiger partial charge is 0.488 e. The van der Waals surface area contributed by atoms with Gasteiger partial charge in [0.15, 0.2) is 5.78 Å². The molecule has 0 saturated carbocycles. The van der Waals surface area contributed by atoms with Gasteiger partial charge in [-0.2, -0.15) is 0 Å². The van der Waals surface area contributed by atoms with Crippen molar-refractivity contribution in [2.45, 2.75) is 26.4 Å². The summed E-state index contributed by atoms with van der Waals surface area (Å²) in [4.78, 5) is 12.4. The molecule has 0 heterocycles. The van der Waals surface area contributed by atoms with E-state index in [9.17, 15) is 9.18 Å². The lowest BCUT2D eigenvalue weighted by Crippen LogP contribution is -2.17. The first-order chi connectivity index (χ1) is 19.0. The van der Waals surface area contributed by atoms with Crippen molar-refractivity contribution in [3.63, 3.8) is 0 Å². The maximum Gasteiger partial charge on any atom is 0.160 e. The van der Waals surface area contributed by atoms with Crippen molar-refractivity contribution in [2.75, 3.05) is 0 Å². The van der Waals surface area contributed by atoms with Gasteiger partial charge >= 0.3 is 0 Å². The van der Waals surface area contributed by atoms with Gasteiger partial charge in [-0.05, 0) is 64.7 Å². The minimum Gasteiger partial charge on any atom is -0.488 e. The van der Waals surface area contributed by atoms with Crippen LogP contribution >= 0.6 is 8.58 Å². The molecule has 1 unspecified atom stereocenters. The third kappa shape index (κ3) is 7.07. The van der Waals surface area contributed by atoms with E-state index in [-0.39, 0.29) is 14.4 Å². The minimum atomic E-state index is -0.406. The summed E-state index contributed by atoms with van der Waals surface area (Å²) in [5.74, 6) is 0.280. The first-order valence-corrected chi connectivity index (χ1v) is 14.0. The molecule has 4 heteroatoms. The highest BCUT2D eigenvalue weighted by Gasteiger charge is 2.18. The summed E-state index contributed by atoms with van der Waals surface area (Å²) in [5.41, 5.74) is 6.19. The third-order valence-electron chi connectivity index (χ3n) is 6.57. The normalized spacial score (nSPS) is 11.1. The molecule has 0 bridgehead atoms. The van der Waals surface area contributed by atoms with Crippen LogP contribution in [0.25, 0.3) is 0 Å². The van der Waals surface area contributed by atoms with Gasteiger partial charge in [0.25, 0.3) is 0 Å². The van der Waals surface area contributed by atoms with E-state index in [1.165, 1.54) is 35.7 Å². The number of ketones is 1. The lowest BCUT2D eigenvalue weighted by Gasteiger charge is -2.20. The highest BCUT2D eigenvalue weighted by Crippen LogP contribution is 2.30. The molecule has 0 aromatic heterocycles. The Hall–Kier alpha value is -4.07. The molecule has 2 nitrogen and oxygen atoms in total. The van der Waals surface area contributed by atoms with Crippen LogP contribution in [0, 0.1) is 5.82 Å². The van der Waals surface area contributed by atoms with Crippen LogP contribution in [-0.2, 0) is 19.4 Å². The van der Waals surface area contributed by atoms with Crippen molar-refractivity contribution >= 4 is 25.0 Å². The van der Waals surface area contributed by atoms with Crippen molar-refractivity contribution in [3.8, 4) is 5.75 Å². The number of hydrogen-bond acceptors (Lipinski definition) is 2. The third-order valence-corrected chi connectivity index (χ3v) is 7.92. The highest BCUT2D eigenvalue weighted by atomic mass is 31.1. The molecular formula is C35H30FO2P. The lowest BCUT2D eigenvalue weighted by molar-refractivity contribution is 0.101. The Labute approximate surface area is 231 Å². The Bertz CT molecular complexity index is 1550. The van der Waals surface area contributed by atoms with Crippen molar-refractivity contribution in [3.05, 3.63) is 161 Å². The summed E-state index contributed by atoms with van der Waals surface area (Å²) in [5, 5.41) is 1.83. The summed E-state index contributed by atoms with van der Waals surface area (Å²) in [6.07, 6.45) is 1.50. The van der Waals surface area contributed by atoms with E-state index in [1.807, 2.05) is 42.5 Å². The topological polar surface area (TPSA) is 26.3 Å². The Kier molecular flexibility index (Phi) is 8.61. The molecule has 0 saturated heterocycles. The van der Waals surface area contributed by atoms with Crippen LogP contribution in [0.2, 0.25) is 0 Å². The summed E-state index contributed by atoms with van der Waals surface area (Å²) < 4.78 is 20.6. The molecule has 0 amide bonds. The van der Waals surface area contributed by atoms with E-state index in [0.717, 1.165) is 33.9 Å². The van der Waals surface area contributed by atoms with Crippen LogP contribution in [0.4, 0.5) is 4.39 Å². The Balaban J connectivity index is 1.61. The van der Waals surface area contributed by atoms with Crippen LogP contribution in [-0.4, -0.2) is 5.78 Å². The summed E-state index contributed by atoms with van der Waals surface area (Å²) >= 11 is 0. The summed E-state index contributed by atoms with van der Waals surface area (Å²) in [7, 11) is 0.133. The maximum absolute atomic E-state index is 14.1. The number of Topliss-reactive ketones (excluding diaryl/α,β-unsaturated/α-hetero) is 1. The summed E-state index contributed by atoms with van der Waals surface area (Å²) in [6, 6.07) is 39.8. The lowest BCUT2D eigenvalue weighted by atomic mass is 9.98. The van der Waals surface area contributed by atoms with Gasteiger partial charge in [-0.15, -0.1) is 0 Å². The van der Waals surface area contributed by atoms with Crippen LogP contribution < -0.4 is 15.3 Å². The predicted molar refractivity (Wildman–Crippen MR) is 160 cm³/mol. The van der Waals surface area contributed by atoms with Gasteiger partial charge in [0.2, 0.25) is 0 Å². The van der Waals surface area contributed by atoms with E-state index in [2.05, 4.69) is 60.7 Å². The fraction of sp³-hybridized carbons (Fsp3) is 0.114. The van der Waals surface area contributed by atoms with Crippen LogP contribution in [0.3, 0.4) is 0 Å². The van der Waals surface area contributed by atoms with E-state index in [4.69, 9.17) is 4.74 Å². The SMILES string of the molecule is CC(=O)c1cc(F)ccc1Pc1cc(Cc2ccccc2)cc(Cc2ccccc2)c1OCc1ccccc1. The van der Waals surface area contributed by atoms with Gasteiger partial charge in [-0.25, -0.2) is 4.39 Å². The monoisotopic (exact) mass is 532 g/mol. The highest BCUT2D eigenvalue weighted by molar-refractivity contribution is 7.56. The molecule has 0 radical (unpaired) electrons. The standard InChI is InChI=1S/C35H30FO2P/c1-25(37)32-23-31(36)17-18-33(32)39-34-22-29(19-26-11-5-2-6-12-26)21-30(20-27-13-7-3-8-14-27)35(34)38-24-28-15-9-4-10-16-28/h2-18,21-23,39H,19-20,24H2,1H3. The maximum atomic E-state index is 14.1. The molecule has 5 rings (SSSR count). The zero-order valence-corrected chi connectivity index (χ0v) is 22.9. The van der Waals surface area contributed by atoms with Gasteiger partial charge in [0.1, 0.15) is 18.2 Å². The van der Waals surface area contributed by atoms with Crippen LogP contribution in [0.5, 0.6) is 5.75 Å². The molecule has 0 aliphatic heterocycles. The zero-order valence-electron chi connectivity index (χ0n) is 21.9. The molecular weight excluding hydrogens is 502 g/mol. The molecule has 194 valence electrons. The molecule has 5 aromatic rings. The predicted octanol–water partition coefficient (Wildman–Crippen LogP) is 7.42. The van der Waals surface area contributed by atoms with E-state index < -0.39 is 5.82 Å². The average molecular weight is 533 g/mol. The van der Waals surface area contributed by atoms with Crippen LogP contribution in [0.1, 0.15) is 45.1 Å². The number of benzene rings is 5. The van der Waals surface area contributed by atoms with Gasteiger partial charge in [-0.1, -0.05) is 112 Å². The quantitative estimate of drug-likeness (QED) is 0.138. The van der Waals surface area contributed by atoms with Gasteiger partial charge < -0.3 is 4.74 Å². The Morgan fingerprint density at radius 2 is 1.26 bits per heavy atom. The van der Waals surface area contributed by atoms with Crippen LogP contribution in [0.15, 0.2) is 121 Å². The second kappa shape index (κ2) is 12.7. The molecule has 39 heavy (non-hydrogen) atoms. The van der Waals surface area contributed by atoms with Gasteiger partial charge in [0, 0.05) is 17.3 Å². The second-order valence-electron chi connectivity index (χ2n) is 9.60. The van der Waals surface area contributed by atoms with Crippen molar-refractivity contribution in [1.82, 2.24) is 0 Å². The molecule has 0 spiro atoms. The van der Waals surface area contributed by atoms with Crippen molar-refractivity contribution < 1.29 is 13.9 Å². The fourth-order valence-electron chi connectivity index (χ4n) is 4.69. The molecule has 0 aliphatic rings. The smallest absolute Gasteiger partial charge is 0.160 e. The molecule has 0 N–H and O–H groups in total. The average Bonchev–Trinajstić information content (AvgIpc) is 2.95. The van der Waals surface area contributed by atoms with E-state index in [1.54, 1.807) is 6.07 Å². The number of rotatable bonds is 10. The first kappa shape index (κ1) is 26.5. The van der Waals surface area contributed by atoms with Gasteiger partial charge in [-0.3, -0.25) is 4.79 Å².